The van der Waals surface area contributed by atoms with Crippen LogP contribution in [0.5, 0.6) is 0 Å². The number of carboxylic acids is 1. The van der Waals surface area contributed by atoms with Gasteiger partial charge in [-0.1, -0.05) is 0 Å². The number of aryl methyl sites for hydroxylation is 1. The molecule has 1 amide bonds. The van der Waals surface area contributed by atoms with E-state index in [1.807, 2.05) is 17.6 Å². The van der Waals surface area contributed by atoms with Crippen LogP contribution < -0.4 is 0 Å². The zero-order valence-electron chi connectivity index (χ0n) is 12.5. The Labute approximate surface area is 137 Å². The van der Waals surface area contributed by atoms with Gasteiger partial charge in [0.25, 0.3) is 0 Å². The van der Waals surface area contributed by atoms with Crippen molar-refractivity contribution >= 4 is 23.2 Å². The van der Waals surface area contributed by atoms with Crippen LogP contribution in [0.4, 0.5) is 0 Å². The number of hydrogen-bond donors (Lipinski definition) is 1. The van der Waals surface area contributed by atoms with Gasteiger partial charge < -0.3 is 10.0 Å². The summed E-state index contributed by atoms with van der Waals surface area (Å²) in [6.45, 7) is 1.20. The average molecular weight is 334 g/mol. The molecule has 0 spiro atoms. The van der Waals surface area contributed by atoms with E-state index in [0.29, 0.717) is 25.2 Å². The molecule has 0 bridgehead atoms. The Balaban J connectivity index is 1.75. The Morgan fingerprint density at radius 2 is 2.30 bits per heavy atom. The van der Waals surface area contributed by atoms with Crippen molar-refractivity contribution in [2.24, 2.45) is 5.92 Å². The highest BCUT2D eigenvalue weighted by molar-refractivity contribution is 7.07. The van der Waals surface area contributed by atoms with E-state index in [2.05, 4.69) is 10.1 Å². The molecular formula is C15H18N4O3S. The number of piperidine rings is 1. The van der Waals surface area contributed by atoms with E-state index >= 15 is 0 Å². The molecule has 0 unspecified atom stereocenters. The quantitative estimate of drug-likeness (QED) is 0.870. The predicted molar refractivity (Wildman–Crippen MR) is 83.8 cm³/mol. The molecule has 2 aromatic rings. The van der Waals surface area contributed by atoms with Crippen LogP contribution in [0.1, 0.15) is 31.0 Å². The van der Waals surface area contributed by atoms with Crippen molar-refractivity contribution in [3.63, 3.8) is 0 Å². The molecule has 23 heavy (non-hydrogen) atoms. The van der Waals surface area contributed by atoms with E-state index in [9.17, 15) is 14.7 Å². The van der Waals surface area contributed by atoms with Crippen molar-refractivity contribution in [2.75, 3.05) is 6.54 Å². The summed E-state index contributed by atoms with van der Waals surface area (Å²) >= 11 is 1.42. The fraction of sp³-hybridized carbons (Fsp3) is 0.467. The number of aliphatic carboxylic acids is 1. The maximum absolute atomic E-state index is 12.3. The fourth-order valence-electron chi connectivity index (χ4n) is 3.04. The monoisotopic (exact) mass is 334 g/mol. The first kappa shape index (κ1) is 15.7. The van der Waals surface area contributed by atoms with Gasteiger partial charge in [-0.05, 0) is 18.9 Å². The van der Waals surface area contributed by atoms with Crippen molar-refractivity contribution in [3.05, 3.63) is 35.0 Å². The molecule has 3 rings (SSSR count). The maximum Gasteiger partial charge on any atom is 0.309 e. The number of aromatic nitrogens is 3. The Morgan fingerprint density at radius 1 is 1.43 bits per heavy atom. The van der Waals surface area contributed by atoms with Gasteiger partial charge in [-0.25, -0.2) is 4.98 Å². The summed E-state index contributed by atoms with van der Waals surface area (Å²) in [5.74, 6) is -1.46. The maximum atomic E-state index is 12.3. The third-order valence-corrected chi connectivity index (χ3v) is 4.73. The van der Waals surface area contributed by atoms with Gasteiger partial charge in [0, 0.05) is 37.3 Å². The summed E-state index contributed by atoms with van der Waals surface area (Å²) in [4.78, 5) is 29.9. The summed E-state index contributed by atoms with van der Waals surface area (Å²) in [5, 5.41) is 15.5. The molecule has 0 aliphatic carbocycles. The summed E-state index contributed by atoms with van der Waals surface area (Å²) in [6, 6.07) is 1.38. The molecule has 0 saturated carbocycles. The average Bonchev–Trinajstić information content (AvgIpc) is 3.21. The molecule has 2 atom stereocenters. The topological polar surface area (TPSA) is 88.3 Å². The van der Waals surface area contributed by atoms with Crippen molar-refractivity contribution in [2.45, 2.75) is 31.8 Å². The molecule has 3 heterocycles. The second-order valence-electron chi connectivity index (χ2n) is 5.55. The molecule has 1 aliphatic heterocycles. The minimum absolute atomic E-state index is 0.000894. The minimum atomic E-state index is -0.868. The number of likely N-dealkylation sites (tertiary alicyclic amines) is 1. The normalized spacial score (nSPS) is 21.6. The lowest BCUT2D eigenvalue weighted by molar-refractivity contribution is -0.152. The molecule has 0 aromatic carbocycles. The van der Waals surface area contributed by atoms with E-state index in [1.165, 1.54) is 11.3 Å². The lowest BCUT2D eigenvalue weighted by Crippen LogP contribution is -2.46. The van der Waals surface area contributed by atoms with E-state index in [1.54, 1.807) is 21.3 Å². The van der Waals surface area contributed by atoms with Crippen molar-refractivity contribution < 1.29 is 14.7 Å². The van der Waals surface area contributed by atoms with Crippen LogP contribution in [0.25, 0.3) is 0 Å². The molecule has 0 radical (unpaired) electrons. The number of thiazole rings is 1. The van der Waals surface area contributed by atoms with Gasteiger partial charge in [0.1, 0.15) is 0 Å². The second kappa shape index (κ2) is 6.91. The van der Waals surface area contributed by atoms with Crippen LogP contribution in [0.2, 0.25) is 0 Å². The zero-order chi connectivity index (χ0) is 16.2. The highest BCUT2D eigenvalue weighted by Crippen LogP contribution is 2.36. The number of carbonyl (C=O) groups excluding carboxylic acids is 1. The summed E-state index contributed by atoms with van der Waals surface area (Å²) < 4.78 is 1.81. The number of amides is 1. The Bertz CT molecular complexity index is 656. The number of nitrogens with zero attached hydrogens (tertiary/aromatic N) is 4. The molecule has 7 nitrogen and oxygen atoms in total. The number of hydrogen-bond acceptors (Lipinski definition) is 5. The SMILES string of the molecule is O=C(O)[C@H]1CCC(=O)N(CCCn2cccn2)[C@H]1c1cscn1. The van der Waals surface area contributed by atoms with E-state index in [4.69, 9.17) is 0 Å². The van der Waals surface area contributed by atoms with Gasteiger partial charge in [-0.15, -0.1) is 11.3 Å². The summed E-state index contributed by atoms with van der Waals surface area (Å²) in [5.41, 5.74) is 2.35. The molecule has 1 fully saturated rings. The van der Waals surface area contributed by atoms with Gasteiger partial charge >= 0.3 is 5.97 Å². The third-order valence-electron chi connectivity index (χ3n) is 4.12. The molecule has 1 saturated heterocycles. The molecular weight excluding hydrogens is 316 g/mol. The fourth-order valence-corrected chi connectivity index (χ4v) is 3.63. The highest BCUT2D eigenvalue weighted by atomic mass is 32.1. The van der Waals surface area contributed by atoms with Crippen molar-refractivity contribution in [3.8, 4) is 0 Å². The van der Waals surface area contributed by atoms with E-state index in [-0.39, 0.29) is 12.3 Å². The van der Waals surface area contributed by atoms with Crippen LogP contribution >= 0.6 is 11.3 Å². The molecule has 1 N–H and O–H groups in total. The van der Waals surface area contributed by atoms with E-state index < -0.39 is 17.9 Å². The third kappa shape index (κ3) is 3.42. The second-order valence-corrected chi connectivity index (χ2v) is 6.27. The smallest absolute Gasteiger partial charge is 0.309 e. The van der Waals surface area contributed by atoms with Crippen LogP contribution in [0.15, 0.2) is 29.4 Å². The minimum Gasteiger partial charge on any atom is -0.481 e. The molecule has 8 heteroatoms. The van der Waals surface area contributed by atoms with Gasteiger partial charge in [0.2, 0.25) is 5.91 Å². The zero-order valence-corrected chi connectivity index (χ0v) is 13.4. The Morgan fingerprint density at radius 3 is 2.96 bits per heavy atom. The van der Waals surface area contributed by atoms with Crippen LogP contribution in [-0.2, 0) is 16.1 Å². The van der Waals surface area contributed by atoms with Gasteiger partial charge in [0.15, 0.2) is 0 Å². The lowest BCUT2D eigenvalue weighted by atomic mass is 9.87. The van der Waals surface area contributed by atoms with Gasteiger partial charge in [0.05, 0.1) is 23.2 Å². The van der Waals surface area contributed by atoms with Crippen molar-refractivity contribution in [1.29, 1.82) is 0 Å². The Kier molecular flexibility index (Phi) is 4.71. The van der Waals surface area contributed by atoms with Crippen molar-refractivity contribution in [1.82, 2.24) is 19.7 Å². The first-order valence-corrected chi connectivity index (χ1v) is 8.49. The summed E-state index contributed by atoms with van der Waals surface area (Å²) in [6.07, 6.45) is 4.95. The van der Waals surface area contributed by atoms with Crippen LogP contribution in [0.3, 0.4) is 0 Å². The first-order valence-electron chi connectivity index (χ1n) is 7.54. The van der Waals surface area contributed by atoms with Gasteiger partial charge in [-0.2, -0.15) is 5.10 Å². The standard InChI is InChI=1S/C15H18N4O3S/c20-13-4-3-11(15(21)22)14(12-9-23-10-16-12)19(13)8-2-7-18-6-1-5-17-18/h1,5-6,9-11,14H,2-4,7-8H2,(H,21,22)/t11-,14+/m0/s1. The lowest BCUT2D eigenvalue weighted by Gasteiger charge is -2.38. The molecule has 1 aliphatic rings. The number of carboxylic acid groups (broad SMARTS) is 1. The van der Waals surface area contributed by atoms with E-state index in [0.717, 1.165) is 6.42 Å². The Hall–Kier alpha value is -2.22. The number of rotatable bonds is 6. The molecule has 2 aromatic heterocycles. The van der Waals surface area contributed by atoms with Crippen LogP contribution in [0, 0.1) is 5.92 Å². The first-order chi connectivity index (χ1) is 11.2. The molecule has 122 valence electrons. The van der Waals surface area contributed by atoms with Crippen LogP contribution in [-0.4, -0.2) is 43.2 Å². The summed E-state index contributed by atoms with van der Waals surface area (Å²) in [7, 11) is 0. The predicted octanol–water partition coefficient (Wildman–Crippen LogP) is 1.79. The number of carbonyl (C=O) groups is 2. The highest BCUT2D eigenvalue weighted by Gasteiger charge is 2.41. The van der Waals surface area contributed by atoms with Gasteiger partial charge in [-0.3, -0.25) is 14.3 Å². The largest absolute Gasteiger partial charge is 0.481 e.